The lowest BCUT2D eigenvalue weighted by Crippen LogP contribution is -2.38. The fourth-order valence-corrected chi connectivity index (χ4v) is 0.971. The van der Waals surface area contributed by atoms with Gasteiger partial charge in [0.1, 0.15) is 0 Å². The van der Waals surface area contributed by atoms with Crippen molar-refractivity contribution in [1.29, 1.82) is 5.26 Å². The maximum Gasteiger partial charge on any atom is 0.221 e. The van der Waals surface area contributed by atoms with Gasteiger partial charge in [-0.2, -0.15) is 5.26 Å². The summed E-state index contributed by atoms with van der Waals surface area (Å²) >= 11 is 0. The van der Waals surface area contributed by atoms with Gasteiger partial charge < -0.3 is 11.1 Å². The molecule has 0 aliphatic heterocycles. The van der Waals surface area contributed by atoms with Crippen molar-refractivity contribution in [2.24, 2.45) is 11.7 Å². The fraction of sp³-hybridized carbons (Fsp3) is 0.800. The predicted molar refractivity (Wildman–Crippen MR) is 55.3 cm³/mol. The highest BCUT2D eigenvalue weighted by molar-refractivity contribution is 5.76. The molecule has 0 aromatic carbocycles. The van der Waals surface area contributed by atoms with Gasteiger partial charge in [-0.05, 0) is 12.8 Å². The second-order valence-corrected chi connectivity index (χ2v) is 3.94. The standard InChI is InChI=1S/C10H19N3O/c1-7(2)9(12)6-10(14)13-8(3)4-5-11/h7-9H,4,6,12H2,1-3H3,(H,13,14). The van der Waals surface area contributed by atoms with Crippen LogP contribution in [0.5, 0.6) is 0 Å². The average Bonchev–Trinajstić information content (AvgIpc) is 2.03. The normalized spacial score (nSPS) is 14.6. The monoisotopic (exact) mass is 197 g/mol. The van der Waals surface area contributed by atoms with Crippen molar-refractivity contribution in [3.63, 3.8) is 0 Å². The van der Waals surface area contributed by atoms with Crippen molar-refractivity contribution in [3.8, 4) is 6.07 Å². The van der Waals surface area contributed by atoms with Crippen LogP contribution >= 0.6 is 0 Å². The van der Waals surface area contributed by atoms with Crippen LogP contribution in [0, 0.1) is 17.2 Å². The summed E-state index contributed by atoms with van der Waals surface area (Å²) in [6.45, 7) is 5.77. The van der Waals surface area contributed by atoms with Gasteiger partial charge in [-0.1, -0.05) is 13.8 Å². The molecule has 0 aliphatic rings. The summed E-state index contributed by atoms with van der Waals surface area (Å²) in [4.78, 5) is 11.3. The molecule has 0 rings (SSSR count). The highest BCUT2D eigenvalue weighted by Gasteiger charge is 2.14. The van der Waals surface area contributed by atoms with Gasteiger partial charge in [-0.25, -0.2) is 0 Å². The van der Waals surface area contributed by atoms with E-state index in [9.17, 15) is 4.79 Å². The van der Waals surface area contributed by atoms with Crippen LogP contribution in [0.3, 0.4) is 0 Å². The summed E-state index contributed by atoms with van der Waals surface area (Å²) in [5.41, 5.74) is 5.74. The second-order valence-electron chi connectivity index (χ2n) is 3.94. The highest BCUT2D eigenvalue weighted by Crippen LogP contribution is 2.02. The van der Waals surface area contributed by atoms with Crippen LogP contribution in [-0.4, -0.2) is 18.0 Å². The van der Waals surface area contributed by atoms with Gasteiger partial charge in [0, 0.05) is 18.5 Å². The van der Waals surface area contributed by atoms with Crippen molar-refractivity contribution in [3.05, 3.63) is 0 Å². The molecular formula is C10H19N3O. The molecule has 0 saturated heterocycles. The maximum atomic E-state index is 11.3. The smallest absolute Gasteiger partial charge is 0.221 e. The Bertz CT molecular complexity index is 220. The molecule has 0 heterocycles. The molecule has 0 aromatic rings. The molecular weight excluding hydrogens is 178 g/mol. The van der Waals surface area contributed by atoms with Crippen LogP contribution in [-0.2, 0) is 4.79 Å². The number of amides is 1. The number of nitrogens with two attached hydrogens (primary N) is 1. The third-order valence-electron chi connectivity index (χ3n) is 2.08. The van der Waals surface area contributed by atoms with Crippen LogP contribution in [0.1, 0.15) is 33.6 Å². The van der Waals surface area contributed by atoms with Gasteiger partial charge in [0.15, 0.2) is 0 Å². The molecule has 2 atom stereocenters. The van der Waals surface area contributed by atoms with Crippen molar-refractivity contribution in [2.45, 2.75) is 45.7 Å². The van der Waals surface area contributed by atoms with E-state index in [1.54, 1.807) is 0 Å². The van der Waals surface area contributed by atoms with E-state index in [0.29, 0.717) is 18.8 Å². The van der Waals surface area contributed by atoms with E-state index in [2.05, 4.69) is 5.32 Å². The Hall–Kier alpha value is -1.08. The highest BCUT2D eigenvalue weighted by atomic mass is 16.1. The van der Waals surface area contributed by atoms with Crippen molar-refractivity contribution in [1.82, 2.24) is 5.32 Å². The Morgan fingerprint density at radius 2 is 2.07 bits per heavy atom. The molecule has 2 unspecified atom stereocenters. The van der Waals surface area contributed by atoms with Gasteiger partial charge in [-0.15, -0.1) is 0 Å². The summed E-state index contributed by atoms with van der Waals surface area (Å²) in [5, 5.41) is 11.1. The molecule has 4 heteroatoms. The zero-order valence-electron chi connectivity index (χ0n) is 9.08. The molecule has 0 spiro atoms. The van der Waals surface area contributed by atoms with Gasteiger partial charge in [-0.3, -0.25) is 4.79 Å². The minimum absolute atomic E-state index is 0.0750. The van der Waals surface area contributed by atoms with Crippen LogP contribution in [0.4, 0.5) is 0 Å². The minimum Gasteiger partial charge on any atom is -0.353 e. The lowest BCUT2D eigenvalue weighted by atomic mass is 10.0. The third-order valence-corrected chi connectivity index (χ3v) is 2.08. The Morgan fingerprint density at radius 1 is 1.50 bits per heavy atom. The third kappa shape index (κ3) is 5.55. The molecule has 0 aliphatic carbocycles. The molecule has 4 nitrogen and oxygen atoms in total. The summed E-state index contributed by atoms with van der Waals surface area (Å²) in [7, 11) is 0. The lowest BCUT2D eigenvalue weighted by molar-refractivity contribution is -0.122. The number of nitrogens with one attached hydrogen (secondary N) is 1. The summed E-state index contributed by atoms with van der Waals surface area (Å²) < 4.78 is 0. The molecule has 0 bridgehead atoms. The van der Waals surface area contributed by atoms with Gasteiger partial charge in [0.05, 0.1) is 12.5 Å². The van der Waals surface area contributed by atoms with Crippen LogP contribution in [0.25, 0.3) is 0 Å². The number of nitrogens with zero attached hydrogens (tertiary/aromatic N) is 1. The van der Waals surface area contributed by atoms with Gasteiger partial charge in [0.25, 0.3) is 0 Å². The summed E-state index contributed by atoms with van der Waals surface area (Å²) in [6, 6.07) is 1.80. The SMILES string of the molecule is CC(CC#N)NC(=O)CC(N)C(C)C. The first-order chi connectivity index (χ1) is 6.47. The fourth-order valence-electron chi connectivity index (χ4n) is 0.971. The molecule has 3 N–H and O–H groups in total. The van der Waals surface area contributed by atoms with E-state index in [1.165, 1.54) is 0 Å². The molecule has 14 heavy (non-hydrogen) atoms. The molecule has 0 saturated carbocycles. The first-order valence-corrected chi connectivity index (χ1v) is 4.89. The number of hydrogen-bond acceptors (Lipinski definition) is 3. The van der Waals surface area contributed by atoms with E-state index in [4.69, 9.17) is 11.0 Å². The van der Waals surface area contributed by atoms with E-state index in [0.717, 1.165) is 0 Å². The minimum atomic E-state index is -0.107. The van der Waals surface area contributed by atoms with Crippen molar-refractivity contribution < 1.29 is 4.79 Å². The van der Waals surface area contributed by atoms with Crippen LogP contribution < -0.4 is 11.1 Å². The number of nitriles is 1. The van der Waals surface area contributed by atoms with Crippen molar-refractivity contribution >= 4 is 5.91 Å². The Kier molecular flexibility index (Phi) is 5.89. The van der Waals surface area contributed by atoms with Crippen LogP contribution in [0.2, 0.25) is 0 Å². The predicted octanol–water partition coefficient (Wildman–Crippen LogP) is 0.778. The maximum absolute atomic E-state index is 11.3. The lowest BCUT2D eigenvalue weighted by Gasteiger charge is -2.16. The quantitative estimate of drug-likeness (QED) is 0.683. The van der Waals surface area contributed by atoms with Gasteiger partial charge in [0.2, 0.25) is 5.91 Å². The second kappa shape index (κ2) is 6.39. The number of carbonyl (C=O) groups excluding carboxylic acids is 1. The molecule has 80 valence electrons. The number of hydrogen-bond donors (Lipinski definition) is 2. The van der Waals surface area contributed by atoms with Gasteiger partial charge >= 0.3 is 0 Å². The van der Waals surface area contributed by atoms with E-state index in [-0.39, 0.29) is 18.0 Å². The summed E-state index contributed by atoms with van der Waals surface area (Å²) in [5.74, 6) is 0.223. The average molecular weight is 197 g/mol. The first kappa shape index (κ1) is 12.9. The molecule has 0 aromatic heterocycles. The molecule has 0 fully saturated rings. The topological polar surface area (TPSA) is 78.9 Å². The Labute approximate surface area is 85.5 Å². The zero-order chi connectivity index (χ0) is 11.1. The number of carbonyl (C=O) groups is 1. The number of rotatable bonds is 5. The molecule has 0 radical (unpaired) electrons. The zero-order valence-corrected chi connectivity index (χ0v) is 9.08. The molecule has 1 amide bonds. The Balaban J connectivity index is 3.82. The van der Waals surface area contributed by atoms with E-state index < -0.39 is 0 Å². The van der Waals surface area contributed by atoms with Crippen molar-refractivity contribution in [2.75, 3.05) is 0 Å². The van der Waals surface area contributed by atoms with E-state index >= 15 is 0 Å². The first-order valence-electron chi connectivity index (χ1n) is 4.89. The largest absolute Gasteiger partial charge is 0.353 e. The van der Waals surface area contributed by atoms with E-state index in [1.807, 2.05) is 26.8 Å². The Morgan fingerprint density at radius 3 is 2.50 bits per heavy atom. The summed E-state index contributed by atoms with van der Waals surface area (Å²) in [6.07, 6.45) is 0.663. The van der Waals surface area contributed by atoms with Crippen LogP contribution in [0.15, 0.2) is 0 Å².